The van der Waals surface area contributed by atoms with E-state index in [0.717, 1.165) is 18.7 Å². The molecule has 0 bridgehead atoms. The zero-order valence-electron chi connectivity index (χ0n) is 11.9. The highest BCUT2D eigenvalue weighted by Crippen LogP contribution is 2.15. The summed E-state index contributed by atoms with van der Waals surface area (Å²) in [7, 11) is 0. The number of amides is 1. The molecule has 0 fully saturated rings. The van der Waals surface area contributed by atoms with E-state index < -0.39 is 0 Å². The van der Waals surface area contributed by atoms with E-state index in [9.17, 15) is 4.79 Å². The summed E-state index contributed by atoms with van der Waals surface area (Å²) >= 11 is 4.97. The van der Waals surface area contributed by atoms with Gasteiger partial charge >= 0.3 is 0 Å². The monoisotopic (exact) mass is 302 g/mol. The Morgan fingerprint density at radius 3 is 2.81 bits per heavy atom. The lowest BCUT2D eigenvalue weighted by Crippen LogP contribution is -2.17. The van der Waals surface area contributed by atoms with E-state index in [2.05, 4.69) is 10.4 Å². The van der Waals surface area contributed by atoms with Crippen LogP contribution in [0.25, 0.3) is 0 Å². The van der Waals surface area contributed by atoms with Crippen LogP contribution in [0.2, 0.25) is 0 Å². The lowest BCUT2D eigenvalue weighted by atomic mass is 10.1. The predicted molar refractivity (Wildman–Crippen MR) is 87.2 cm³/mol. The van der Waals surface area contributed by atoms with Crippen molar-refractivity contribution in [3.05, 3.63) is 47.8 Å². The summed E-state index contributed by atoms with van der Waals surface area (Å²) in [5, 5.41) is 7.13. The molecule has 1 amide bonds. The van der Waals surface area contributed by atoms with Crippen LogP contribution in [0.15, 0.2) is 36.5 Å². The fourth-order valence-electron chi connectivity index (χ4n) is 2.01. The van der Waals surface area contributed by atoms with Gasteiger partial charge in [-0.25, -0.2) is 0 Å². The van der Waals surface area contributed by atoms with Crippen molar-refractivity contribution in [2.24, 2.45) is 5.73 Å². The number of nitrogens with zero attached hydrogens (tertiary/aromatic N) is 2. The van der Waals surface area contributed by atoms with Gasteiger partial charge in [-0.05, 0) is 31.5 Å². The average molecular weight is 302 g/mol. The molecule has 0 spiro atoms. The van der Waals surface area contributed by atoms with Crippen molar-refractivity contribution in [1.82, 2.24) is 9.78 Å². The third-order valence-electron chi connectivity index (χ3n) is 3.03. The quantitative estimate of drug-likeness (QED) is 0.803. The molecule has 0 aliphatic rings. The topological polar surface area (TPSA) is 72.9 Å². The van der Waals surface area contributed by atoms with Crippen LogP contribution in [-0.2, 0) is 11.3 Å². The zero-order chi connectivity index (χ0) is 15.2. The number of nitrogens with two attached hydrogens (primary N) is 1. The van der Waals surface area contributed by atoms with Gasteiger partial charge in [0, 0.05) is 24.7 Å². The number of nitrogens with one attached hydrogen (secondary N) is 1. The minimum atomic E-state index is -0.0532. The van der Waals surface area contributed by atoms with Crippen LogP contribution in [0.5, 0.6) is 0 Å². The largest absolute Gasteiger partial charge is 0.389 e. The van der Waals surface area contributed by atoms with E-state index in [1.54, 1.807) is 12.1 Å². The van der Waals surface area contributed by atoms with Gasteiger partial charge in [-0.1, -0.05) is 24.4 Å². The Kier molecular flexibility index (Phi) is 5.05. The normalized spacial score (nSPS) is 10.3. The molecule has 0 unspecified atom stereocenters. The first-order valence-corrected chi connectivity index (χ1v) is 7.16. The Balaban J connectivity index is 1.86. The zero-order valence-corrected chi connectivity index (χ0v) is 12.7. The highest BCUT2D eigenvalue weighted by Gasteiger charge is 2.08. The van der Waals surface area contributed by atoms with Crippen LogP contribution in [0, 0.1) is 6.92 Å². The lowest BCUT2D eigenvalue weighted by Gasteiger charge is -2.09. The van der Waals surface area contributed by atoms with Crippen LogP contribution in [-0.4, -0.2) is 20.7 Å². The maximum atomic E-state index is 12.0. The minimum Gasteiger partial charge on any atom is -0.389 e. The van der Waals surface area contributed by atoms with Gasteiger partial charge in [-0.2, -0.15) is 5.10 Å². The van der Waals surface area contributed by atoms with Crippen molar-refractivity contribution in [3.63, 3.8) is 0 Å². The Morgan fingerprint density at radius 2 is 2.14 bits per heavy atom. The molecule has 0 aliphatic carbocycles. The number of para-hydroxylation sites is 1. The predicted octanol–water partition coefficient (Wildman–Crippen LogP) is 2.24. The molecule has 1 heterocycles. The van der Waals surface area contributed by atoms with Gasteiger partial charge in [-0.15, -0.1) is 0 Å². The summed E-state index contributed by atoms with van der Waals surface area (Å²) < 4.78 is 1.84. The van der Waals surface area contributed by atoms with E-state index in [-0.39, 0.29) is 10.9 Å². The summed E-state index contributed by atoms with van der Waals surface area (Å²) in [6, 6.07) is 9.21. The second-order valence-corrected chi connectivity index (χ2v) is 5.22. The summed E-state index contributed by atoms with van der Waals surface area (Å²) in [4.78, 5) is 12.2. The lowest BCUT2D eigenvalue weighted by molar-refractivity contribution is -0.116. The number of anilines is 1. The first-order valence-electron chi connectivity index (χ1n) is 6.75. The molecule has 6 heteroatoms. The Labute approximate surface area is 129 Å². The van der Waals surface area contributed by atoms with Crippen molar-refractivity contribution in [1.29, 1.82) is 0 Å². The Hall–Kier alpha value is -2.21. The van der Waals surface area contributed by atoms with Crippen molar-refractivity contribution in [3.8, 4) is 0 Å². The molecule has 3 N–H and O–H groups in total. The van der Waals surface area contributed by atoms with Crippen LogP contribution in [0.4, 0.5) is 5.69 Å². The third kappa shape index (κ3) is 4.39. The summed E-state index contributed by atoms with van der Waals surface area (Å²) in [5.41, 5.74) is 7.96. The van der Waals surface area contributed by atoms with E-state index in [1.165, 1.54) is 0 Å². The molecule has 2 rings (SSSR count). The second kappa shape index (κ2) is 6.99. The molecule has 1 aromatic carbocycles. The first kappa shape index (κ1) is 15.2. The van der Waals surface area contributed by atoms with Gasteiger partial charge < -0.3 is 11.1 Å². The molecular weight excluding hydrogens is 284 g/mol. The average Bonchev–Trinajstić information content (AvgIpc) is 2.85. The molecule has 0 saturated carbocycles. The van der Waals surface area contributed by atoms with Crippen LogP contribution in [0.3, 0.4) is 0 Å². The van der Waals surface area contributed by atoms with E-state index >= 15 is 0 Å². The molecule has 0 atom stereocenters. The van der Waals surface area contributed by atoms with E-state index in [4.69, 9.17) is 18.0 Å². The molecule has 0 aliphatic heterocycles. The molecule has 2 aromatic rings. The fraction of sp³-hybridized carbons (Fsp3) is 0.267. The van der Waals surface area contributed by atoms with Crippen molar-refractivity contribution in [2.45, 2.75) is 26.3 Å². The van der Waals surface area contributed by atoms with Crippen LogP contribution < -0.4 is 11.1 Å². The third-order valence-corrected chi connectivity index (χ3v) is 3.25. The molecule has 110 valence electrons. The molecule has 5 nitrogen and oxygen atoms in total. The fourth-order valence-corrected chi connectivity index (χ4v) is 2.19. The number of carbonyl (C=O) groups excluding carboxylic acids is 1. The van der Waals surface area contributed by atoms with Gasteiger partial charge in [0.1, 0.15) is 4.99 Å². The van der Waals surface area contributed by atoms with Crippen LogP contribution >= 0.6 is 12.2 Å². The Morgan fingerprint density at radius 1 is 1.38 bits per heavy atom. The highest BCUT2D eigenvalue weighted by molar-refractivity contribution is 7.80. The summed E-state index contributed by atoms with van der Waals surface area (Å²) in [6.07, 6.45) is 3.06. The maximum Gasteiger partial charge on any atom is 0.224 e. The van der Waals surface area contributed by atoms with Gasteiger partial charge in [0.2, 0.25) is 5.91 Å². The minimum absolute atomic E-state index is 0.0532. The van der Waals surface area contributed by atoms with Crippen molar-refractivity contribution in [2.75, 3.05) is 5.32 Å². The number of rotatable bonds is 6. The maximum absolute atomic E-state index is 12.0. The van der Waals surface area contributed by atoms with Gasteiger partial charge in [0.05, 0.1) is 11.4 Å². The molecule has 0 radical (unpaired) electrons. The number of thiocarbonyl (C=S) groups is 1. The standard InChI is InChI=1S/C15H18N4OS/c1-11-8-10-19(18-11)9-4-7-14(20)17-13-6-3-2-5-12(13)15(16)21/h2-3,5-6,8,10H,4,7,9H2,1H3,(H2,16,21)(H,17,20). The van der Waals surface area contributed by atoms with Crippen molar-refractivity contribution >= 4 is 28.8 Å². The summed E-state index contributed by atoms with van der Waals surface area (Å²) in [5.74, 6) is -0.0532. The first-order chi connectivity index (χ1) is 10.1. The second-order valence-electron chi connectivity index (χ2n) is 4.78. The van der Waals surface area contributed by atoms with Gasteiger partial charge in [0.15, 0.2) is 0 Å². The number of carbonyl (C=O) groups is 1. The number of benzene rings is 1. The SMILES string of the molecule is Cc1ccn(CCCC(=O)Nc2ccccc2C(N)=S)n1. The number of aryl methyl sites for hydroxylation is 2. The number of hydrogen-bond acceptors (Lipinski definition) is 3. The number of hydrogen-bond donors (Lipinski definition) is 2. The molecule has 21 heavy (non-hydrogen) atoms. The highest BCUT2D eigenvalue weighted by atomic mass is 32.1. The summed E-state index contributed by atoms with van der Waals surface area (Å²) in [6.45, 7) is 2.66. The molecule has 1 aromatic heterocycles. The van der Waals surface area contributed by atoms with Gasteiger partial charge in [-0.3, -0.25) is 9.48 Å². The Bertz CT molecular complexity index is 651. The van der Waals surface area contributed by atoms with Gasteiger partial charge in [0.25, 0.3) is 0 Å². The smallest absolute Gasteiger partial charge is 0.224 e. The number of aromatic nitrogens is 2. The molecule has 0 saturated heterocycles. The molecular formula is C15H18N4OS. The van der Waals surface area contributed by atoms with E-state index in [1.807, 2.05) is 36.0 Å². The van der Waals surface area contributed by atoms with Crippen molar-refractivity contribution < 1.29 is 4.79 Å². The van der Waals surface area contributed by atoms with E-state index in [0.29, 0.717) is 17.7 Å². The van der Waals surface area contributed by atoms with Crippen LogP contribution in [0.1, 0.15) is 24.1 Å².